The Morgan fingerprint density at radius 3 is 2.75 bits per heavy atom. The van der Waals surface area contributed by atoms with Gasteiger partial charge in [-0.1, -0.05) is 18.2 Å². The third-order valence-corrected chi connectivity index (χ3v) is 3.97. The monoisotopic (exact) mass is 215 g/mol. The topological polar surface area (TPSA) is 20.3 Å². The van der Waals surface area contributed by atoms with E-state index >= 15 is 0 Å². The summed E-state index contributed by atoms with van der Waals surface area (Å²) >= 11 is 0. The molecule has 0 radical (unpaired) electrons. The SMILES string of the molecule is Cc1cccc2c1C(=O)N([C@@H](C)C1CC1)C2. The van der Waals surface area contributed by atoms with E-state index in [1.807, 2.05) is 19.1 Å². The maximum atomic E-state index is 12.3. The molecule has 2 aliphatic rings. The Labute approximate surface area is 96.3 Å². The molecule has 2 heteroatoms. The lowest BCUT2D eigenvalue weighted by Gasteiger charge is -2.24. The maximum Gasteiger partial charge on any atom is 0.255 e. The minimum absolute atomic E-state index is 0.243. The highest BCUT2D eigenvalue weighted by atomic mass is 16.2. The maximum absolute atomic E-state index is 12.3. The molecule has 0 bridgehead atoms. The quantitative estimate of drug-likeness (QED) is 0.742. The number of aryl methyl sites for hydroxylation is 1. The standard InChI is InChI=1S/C14H17NO/c1-9-4-3-5-12-8-15(14(16)13(9)12)10(2)11-6-7-11/h3-5,10-11H,6-8H2,1-2H3/t10-/m0/s1. The first-order valence-electron chi connectivity index (χ1n) is 6.08. The Balaban J connectivity index is 1.94. The lowest BCUT2D eigenvalue weighted by Crippen LogP contribution is -2.34. The van der Waals surface area contributed by atoms with Gasteiger partial charge in [-0.15, -0.1) is 0 Å². The number of rotatable bonds is 2. The second kappa shape index (κ2) is 3.34. The van der Waals surface area contributed by atoms with Gasteiger partial charge in [0.2, 0.25) is 0 Å². The number of benzene rings is 1. The van der Waals surface area contributed by atoms with Crippen molar-refractivity contribution >= 4 is 5.91 Å². The van der Waals surface area contributed by atoms with Crippen molar-refractivity contribution in [3.05, 3.63) is 34.9 Å². The predicted molar refractivity (Wildman–Crippen MR) is 63.2 cm³/mol. The van der Waals surface area contributed by atoms with Gasteiger partial charge in [-0.2, -0.15) is 0 Å². The molecule has 1 aromatic carbocycles. The van der Waals surface area contributed by atoms with Gasteiger partial charge in [0, 0.05) is 18.2 Å². The number of carbonyl (C=O) groups is 1. The molecule has 1 atom stereocenters. The van der Waals surface area contributed by atoms with Crippen LogP contribution >= 0.6 is 0 Å². The normalized spacial score (nSPS) is 21.1. The van der Waals surface area contributed by atoms with Crippen LogP contribution in [0.15, 0.2) is 18.2 Å². The van der Waals surface area contributed by atoms with Gasteiger partial charge in [-0.25, -0.2) is 0 Å². The van der Waals surface area contributed by atoms with E-state index in [2.05, 4.69) is 17.9 Å². The van der Waals surface area contributed by atoms with Crippen molar-refractivity contribution in [2.45, 2.75) is 39.3 Å². The zero-order valence-corrected chi connectivity index (χ0v) is 9.86. The first-order valence-corrected chi connectivity index (χ1v) is 6.08. The molecule has 2 nitrogen and oxygen atoms in total. The molecule has 1 aliphatic carbocycles. The number of hydrogen-bond donors (Lipinski definition) is 0. The highest BCUT2D eigenvalue weighted by Gasteiger charge is 2.38. The molecule has 0 spiro atoms. The van der Waals surface area contributed by atoms with E-state index in [1.165, 1.54) is 18.4 Å². The van der Waals surface area contributed by atoms with E-state index < -0.39 is 0 Å². The summed E-state index contributed by atoms with van der Waals surface area (Å²) in [6, 6.07) is 6.58. The van der Waals surface area contributed by atoms with Crippen molar-refractivity contribution in [1.82, 2.24) is 4.90 Å². The fraction of sp³-hybridized carbons (Fsp3) is 0.500. The summed E-state index contributed by atoms with van der Waals surface area (Å²) in [4.78, 5) is 14.4. The van der Waals surface area contributed by atoms with Crippen molar-refractivity contribution in [2.75, 3.05) is 0 Å². The zero-order chi connectivity index (χ0) is 11.3. The molecule has 1 saturated carbocycles. The minimum Gasteiger partial charge on any atom is -0.331 e. The lowest BCUT2D eigenvalue weighted by molar-refractivity contribution is 0.0697. The molecule has 0 saturated heterocycles. The molecule has 1 aromatic rings. The molecular weight excluding hydrogens is 198 g/mol. The van der Waals surface area contributed by atoms with Gasteiger partial charge in [0.25, 0.3) is 5.91 Å². The van der Waals surface area contributed by atoms with E-state index in [0.29, 0.717) is 6.04 Å². The number of carbonyl (C=O) groups excluding carboxylic acids is 1. The molecule has 16 heavy (non-hydrogen) atoms. The van der Waals surface area contributed by atoms with Gasteiger partial charge >= 0.3 is 0 Å². The summed E-state index contributed by atoms with van der Waals surface area (Å²) in [6.07, 6.45) is 2.58. The summed E-state index contributed by atoms with van der Waals surface area (Å²) in [6.45, 7) is 5.03. The predicted octanol–water partition coefficient (Wildman–Crippen LogP) is 2.75. The van der Waals surface area contributed by atoms with E-state index in [0.717, 1.165) is 23.6 Å². The third kappa shape index (κ3) is 1.36. The smallest absolute Gasteiger partial charge is 0.255 e. The summed E-state index contributed by atoms with van der Waals surface area (Å²) in [7, 11) is 0. The Morgan fingerprint density at radius 2 is 2.12 bits per heavy atom. The van der Waals surface area contributed by atoms with Crippen LogP contribution in [0.4, 0.5) is 0 Å². The molecule has 1 fully saturated rings. The fourth-order valence-corrected chi connectivity index (χ4v) is 2.73. The summed E-state index contributed by atoms with van der Waals surface area (Å²) < 4.78 is 0. The van der Waals surface area contributed by atoms with Crippen LogP contribution in [0.5, 0.6) is 0 Å². The third-order valence-electron chi connectivity index (χ3n) is 3.97. The second-order valence-electron chi connectivity index (χ2n) is 5.12. The first kappa shape index (κ1) is 9.88. The summed E-state index contributed by atoms with van der Waals surface area (Å²) in [5.41, 5.74) is 3.28. The van der Waals surface area contributed by atoms with Gasteiger partial charge in [-0.3, -0.25) is 4.79 Å². The van der Waals surface area contributed by atoms with Crippen LogP contribution < -0.4 is 0 Å². The Hall–Kier alpha value is -1.31. The van der Waals surface area contributed by atoms with E-state index in [-0.39, 0.29) is 5.91 Å². The van der Waals surface area contributed by atoms with Crippen LogP contribution in [-0.2, 0) is 6.54 Å². The van der Waals surface area contributed by atoms with Crippen LogP contribution in [0, 0.1) is 12.8 Å². The molecule has 0 aromatic heterocycles. The molecule has 3 rings (SSSR count). The van der Waals surface area contributed by atoms with Crippen LogP contribution in [0.1, 0.15) is 41.3 Å². The van der Waals surface area contributed by atoms with Gasteiger partial charge in [0.15, 0.2) is 0 Å². The Morgan fingerprint density at radius 1 is 1.38 bits per heavy atom. The second-order valence-corrected chi connectivity index (χ2v) is 5.12. The molecule has 1 heterocycles. The number of hydrogen-bond acceptors (Lipinski definition) is 1. The van der Waals surface area contributed by atoms with Crippen molar-refractivity contribution in [3.63, 3.8) is 0 Å². The first-order chi connectivity index (χ1) is 7.68. The number of amides is 1. The van der Waals surface area contributed by atoms with Gasteiger partial charge in [0.1, 0.15) is 0 Å². The highest BCUT2D eigenvalue weighted by molar-refractivity contribution is 5.99. The van der Waals surface area contributed by atoms with Crippen molar-refractivity contribution in [2.24, 2.45) is 5.92 Å². The Bertz CT molecular complexity index is 448. The van der Waals surface area contributed by atoms with E-state index in [4.69, 9.17) is 0 Å². The molecule has 0 unspecified atom stereocenters. The largest absolute Gasteiger partial charge is 0.331 e. The van der Waals surface area contributed by atoms with Crippen LogP contribution in [0.2, 0.25) is 0 Å². The molecule has 84 valence electrons. The van der Waals surface area contributed by atoms with Gasteiger partial charge in [0.05, 0.1) is 0 Å². The van der Waals surface area contributed by atoms with E-state index in [1.54, 1.807) is 0 Å². The van der Waals surface area contributed by atoms with Gasteiger partial charge < -0.3 is 4.90 Å². The average Bonchev–Trinajstić information content (AvgIpc) is 3.04. The van der Waals surface area contributed by atoms with Crippen molar-refractivity contribution in [3.8, 4) is 0 Å². The number of nitrogens with zero attached hydrogens (tertiary/aromatic N) is 1. The van der Waals surface area contributed by atoms with Crippen molar-refractivity contribution < 1.29 is 4.79 Å². The van der Waals surface area contributed by atoms with Crippen LogP contribution in [0.25, 0.3) is 0 Å². The average molecular weight is 215 g/mol. The molecule has 1 aliphatic heterocycles. The summed E-state index contributed by atoms with van der Waals surface area (Å²) in [5, 5.41) is 0. The van der Waals surface area contributed by atoms with Crippen LogP contribution in [-0.4, -0.2) is 16.8 Å². The highest BCUT2D eigenvalue weighted by Crippen LogP contribution is 2.38. The molecule has 1 amide bonds. The fourth-order valence-electron chi connectivity index (χ4n) is 2.73. The summed E-state index contributed by atoms with van der Waals surface area (Å²) in [5.74, 6) is 0.992. The van der Waals surface area contributed by atoms with E-state index in [9.17, 15) is 4.79 Å². The van der Waals surface area contributed by atoms with Gasteiger partial charge in [-0.05, 0) is 43.7 Å². The van der Waals surface area contributed by atoms with Crippen LogP contribution in [0.3, 0.4) is 0 Å². The molecule has 0 N–H and O–H groups in total. The molecular formula is C14H17NO. The van der Waals surface area contributed by atoms with Crippen molar-refractivity contribution in [1.29, 1.82) is 0 Å². The zero-order valence-electron chi connectivity index (χ0n) is 9.86. The number of fused-ring (bicyclic) bond motifs is 1. The lowest BCUT2D eigenvalue weighted by atomic mass is 10.0. The Kier molecular flexibility index (Phi) is 2.06. The minimum atomic E-state index is 0.243.